The van der Waals surface area contributed by atoms with E-state index in [0.717, 1.165) is 10.0 Å². The molecule has 1 atom stereocenters. The molecule has 0 saturated heterocycles. The maximum absolute atomic E-state index is 12.1. The van der Waals surface area contributed by atoms with Crippen molar-refractivity contribution in [3.8, 4) is 0 Å². The molecule has 0 aliphatic heterocycles. The van der Waals surface area contributed by atoms with Crippen molar-refractivity contribution in [1.29, 1.82) is 0 Å². The number of benzene rings is 1. The number of rotatable bonds is 3. The summed E-state index contributed by atoms with van der Waals surface area (Å²) in [5, 5.41) is 0. The Hall–Kier alpha value is -0.540. The van der Waals surface area contributed by atoms with Crippen molar-refractivity contribution in [2.24, 2.45) is 0 Å². The minimum absolute atomic E-state index is 0.00227. The van der Waals surface area contributed by atoms with Crippen LogP contribution in [0.25, 0.3) is 0 Å². The third-order valence-electron chi connectivity index (χ3n) is 2.49. The summed E-state index contributed by atoms with van der Waals surface area (Å²) < 4.78 is 0.919. The summed E-state index contributed by atoms with van der Waals surface area (Å²) in [5.74, 6) is 0.437. The van der Waals surface area contributed by atoms with Crippen molar-refractivity contribution in [2.75, 3.05) is 12.9 Å². The summed E-state index contributed by atoms with van der Waals surface area (Å²) >= 11 is 9.13. The molecular weight excluding hydrogens is 289 g/mol. The maximum atomic E-state index is 12.1. The second-order valence-electron chi connectivity index (χ2n) is 3.94. The third-order valence-corrected chi connectivity index (χ3v) is 3.40. The van der Waals surface area contributed by atoms with E-state index in [1.54, 1.807) is 11.9 Å². The molecule has 0 aliphatic carbocycles. The Morgan fingerprint density at radius 1 is 1.50 bits per heavy atom. The predicted octanol–water partition coefficient (Wildman–Crippen LogP) is 3.46. The molecule has 1 amide bonds. The summed E-state index contributed by atoms with van der Waals surface area (Å²) in [5.41, 5.74) is 1.75. The van der Waals surface area contributed by atoms with Gasteiger partial charge in [-0.25, -0.2) is 0 Å². The fourth-order valence-electron chi connectivity index (χ4n) is 1.37. The zero-order valence-electron chi connectivity index (χ0n) is 9.63. The fourth-order valence-corrected chi connectivity index (χ4v) is 2.18. The van der Waals surface area contributed by atoms with Crippen molar-refractivity contribution < 1.29 is 4.79 Å². The Kier molecular flexibility index (Phi) is 4.81. The molecule has 0 N–H and O–H groups in total. The first-order valence-corrected chi connectivity index (χ1v) is 6.38. The molecule has 88 valence electrons. The Morgan fingerprint density at radius 2 is 2.12 bits per heavy atom. The van der Waals surface area contributed by atoms with E-state index in [2.05, 4.69) is 15.9 Å². The topological polar surface area (TPSA) is 20.3 Å². The van der Waals surface area contributed by atoms with Gasteiger partial charge in [-0.15, -0.1) is 11.6 Å². The van der Waals surface area contributed by atoms with Crippen molar-refractivity contribution >= 4 is 33.4 Å². The number of amides is 1. The number of alkyl halides is 1. The van der Waals surface area contributed by atoms with E-state index in [9.17, 15) is 4.79 Å². The normalized spacial score (nSPS) is 12.3. The number of halogens is 2. The molecule has 0 heterocycles. The lowest BCUT2D eigenvalue weighted by Crippen LogP contribution is -2.36. The maximum Gasteiger partial charge on any atom is 0.253 e. The predicted molar refractivity (Wildman–Crippen MR) is 71.2 cm³/mol. The van der Waals surface area contributed by atoms with Crippen molar-refractivity contribution in [3.05, 3.63) is 33.8 Å². The lowest BCUT2D eigenvalue weighted by molar-refractivity contribution is 0.0756. The van der Waals surface area contributed by atoms with Crippen LogP contribution in [0, 0.1) is 6.92 Å². The minimum Gasteiger partial charge on any atom is -0.338 e. The van der Waals surface area contributed by atoms with Gasteiger partial charge in [0.1, 0.15) is 0 Å². The molecular formula is C12H15BrClNO. The molecule has 0 saturated carbocycles. The van der Waals surface area contributed by atoms with Crippen molar-refractivity contribution in [2.45, 2.75) is 19.9 Å². The average Bonchev–Trinajstić information content (AvgIpc) is 2.24. The molecule has 4 heteroatoms. The van der Waals surface area contributed by atoms with Crippen LogP contribution in [0.5, 0.6) is 0 Å². The molecule has 1 rings (SSSR count). The zero-order valence-corrected chi connectivity index (χ0v) is 12.0. The quantitative estimate of drug-likeness (QED) is 0.783. The van der Waals surface area contributed by atoms with Gasteiger partial charge in [0.05, 0.1) is 0 Å². The van der Waals surface area contributed by atoms with Crippen LogP contribution in [0.15, 0.2) is 22.7 Å². The van der Waals surface area contributed by atoms with E-state index in [4.69, 9.17) is 11.6 Å². The van der Waals surface area contributed by atoms with Crippen LogP contribution < -0.4 is 0 Å². The van der Waals surface area contributed by atoms with Crippen LogP contribution >= 0.6 is 27.5 Å². The van der Waals surface area contributed by atoms with Gasteiger partial charge in [0.2, 0.25) is 0 Å². The van der Waals surface area contributed by atoms with Gasteiger partial charge < -0.3 is 4.90 Å². The summed E-state index contributed by atoms with van der Waals surface area (Å²) in [6.45, 7) is 3.89. The number of hydrogen-bond donors (Lipinski definition) is 0. The van der Waals surface area contributed by atoms with E-state index >= 15 is 0 Å². The van der Waals surface area contributed by atoms with Gasteiger partial charge in [0.15, 0.2) is 0 Å². The standard InChI is InChI=1S/C12H15BrClNO/c1-8-4-10(6-11(13)5-8)12(16)15(3)9(2)7-14/h4-6,9H,7H2,1-3H3. The Labute approximate surface area is 110 Å². The first-order chi connectivity index (χ1) is 7.45. The molecule has 0 aliphatic rings. The molecule has 1 unspecified atom stereocenters. The van der Waals surface area contributed by atoms with E-state index < -0.39 is 0 Å². The number of hydrogen-bond acceptors (Lipinski definition) is 1. The van der Waals surface area contributed by atoms with E-state index in [0.29, 0.717) is 11.4 Å². The second kappa shape index (κ2) is 5.69. The van der Waals surface area contributed by atoms with E-state index in [1.807, 2.05) is 32.0 Å². The van der Waals surface area contributed by atoms with Gasteiger partial charge in [-0.1, -0.05) is 15.9 Å². The lowest BCUT2D eigenvalue weighted by atomic mass is 10.1. The van der Waals surface area contributed by atoms with Crippen LogP contribution in [0.4, 0.5) is 0 Å². The molecule has 1 aromatic rings. The van der Waals surface area contributed by atoms with Crippen LogP contribution in [0.2, 0.25) is 0 Å². The summed E-state index contributed by atoms with van der Waals surface area (Å²) in [4.78, 5) is 13.8. The summed E-state index contributed by atoms with van der Waals surface area (Å²) in [7, 11) is 1.77. The Balaban J connectivity index is 2.96. The van der Waals surface area contributed by atoms with Gasteiger partial charge in [-0.05, 0) is 37.6 Å². The molecule has 0 radical (unpaired) electrons. The van der Waals surface area contributed by atoms with E-state index in [-0.39, 0.29) is 11.9 Å². The van der Waals surface area contributed by atoms with Crippen molar-refractivity contribution in [3.63, 3.8) is 0 Å². The summed E-state index contributed by atoms with van der Waals surface area (Å²) in [6, 6.07) is 5.72. The number of carbonyl (C=O) groups excluding carboxylic acids is 1. The molecule has 0 aromatic heterocycles. The van der Waals surface area contributed by atoms with Gasteiger partial charge >= 0.3 is 0 Å². The molecule has 0 fully saturated rings. The molecule has 1 aromatic carbocycles. The van der Waals surface area contributed by atoms with Crippen LogP contribution in [0.3, 0.4) is 0 Å². The first-order valence-electron chi connectivity index (χ1n) is 5.06. The van der Waals surface area contributed by atoms with E-state index in [1.165, 1.54) is 0 Å². The zero-order chi connectivity index (χ0) is 12.3. The number of nitrogens with zero attached hydrogens (tertiary/aromatic N) is 1. The third kappa shape index (κ3) is 3.22. The highest BCUT2D eigenvalue weighted by Gasteiger charge is 2.17. The number of carbonyl (C=O) groups is 1. The monoisotopic (exact) mass is 303 g/mol. The van der Waals surface area contributed by atoms with Crippen LogP contribution in [-0.4, -0.2) is 29.8 Å². The number of aryl methyl sites for hydroxylation is 1. The average molecular weight is 305 g/mol. The lowest BCUT2D eigenvalue weighted by Gasteiger charge is -2.23. The van der Waals surface area contributed by atoms with Crippen molar-refractivity contribution in [1.82, 2.24) is 4.90 Å². The highest BCUT2D eigenvalue weighted by molar-refractivity contribution is 9.10. The van der Waals surface area contributed by atoms with Crippen LogP contribution in [-0.2, 0) is 0 Å². The minimum atomic E-state index is -0.00227. The first kappa shape index (κ1) is 13.5. The highest BCUT2D eigenvalue weighted by Crippen LogP contribution is 2.17. The molecule has 0 bridgehead atoms. The SMILES string of the molecule is Cc1cc(Br)cc(C(=O)N(C)C(C)CCl)c1. The second-order valence-corrected chi connectivity index (χ2v) is 5.16. The Bertz CT molecular complexity index is 374. The Morgan fingerprint density at radius 3 is 2.62 bits per heavy atom. The fraction of sp³-hybridized carbons (Fsp3) is 0.417. The van der Waals surface area contributed by atoms with Gasteiger partial charge in [-0.2, -0.15) is 0 Å². The molecule has 16 heavy (non-hydrogen) atoms. The molecule has 2 nitrogen and oxygen atoms in total. The molecule has 0 spiro atoms. The summed E-state index contributed by atoms with van der Waals surface area (Å²) in [6.07, 6.45) is 0. The van der Waals surface area contributed by atoms with Gasteiger partial charge in [-0.3, -0.25) is 4.79 Å². The van der Waals surface area contributed by atoms with Gasteiger partial charge in [0, 0.05) is 29.0 Å². The highest BCUT2D eigenvalue weighted by atomic mass is 79.9. The largest absolute Gasteiger partial charge is 0.338 e. The smallest absolute Gasteiger partial charge is 0.253 e. The van der Waals surface area contributed by atoms with Crippen LogP contribution in [0.1, 0.15) is 22.8 Å². The van der Waals surface area contributed by atoms with Gasteiger partial charge in [0.25, 0.3) is 5.91 Å².